The van der Waals surface area contributed by atoms with Gasteiger partial charge in [0.25, 0.3) is 0 Å². The molecule has 0 fully saturated rings. The highest BCUT2D eigenvalue weighted by atomic mass is 127. The third kappa shape index (κ3) is 3.89. The molecule has 28 heavy (non-hydrogen) atoms. The highest BCUT2D eigenvalue weighted by Crippen LogP contribution is 2.40. The first-order valence-corrected chi connectivity index (χ1v) is 10.1. The Kier molecular flexibility index (Phi) is 5.59. The van der Waals surface area contributed by atoms with E-state index < -0.39 is 6.29 Å². The predicted octanol–water partition coefficient (Wildman–Crippen LogP) is 5.72. The first-order chi connectivity index (χ1) is 13.5. The van der Waals surface area contributed by atoms with Gasteiger partial charge < -0.3 is 19.5 Å². The van der Waals surface area contributed by atoms with Gasteiger partial charge in [-0.25, -0.2) is 0 Å². The lowest BCUT2D eigenvalue weighted by atomic mass is 10.2. The average Bonchev–Trinajstić information content (AvgIpc) is 2.97. The van der Waals surface area contributed by atoms with E-state index in [-0.39, 0.29) is 0 Å². The van der Waals surface area contributed by atoms with Crippen LogP contribution in [0.2, 0.25) is 5.02 Å². The highest BCUT2D eigenvalue weighted by molar-refractivity contribution is 14.1. The van der Waals surface area contributed by atoms with Crippen molar-refractivity contribution in [3.8, 4) is 11.5 Å². The molecule has 2 N–H and O–H groups in total. The molecule has 0 bridgehead atoms. The number of aliphatic hydroxyl groups excluding tert-OH is 1. The van der Waals surface area contributed by atoms with Gasteiger partial charge in [-0.05, 0) is 70.6 Å². The number of rotatable bonds is 5. The molecule has 4 rings (SSSR count). The largest absolute Gasteiger partial charge is 0.455 e. The summed E-state index contributed by atoms with van der Waals surface area (Å²) in [5, 5.41) is 21.6. The molecule has 4 nitrogen and oxygen atoms in total. The fraction of sp³-hybridized carbons (Fsp3) is 0.0909. The third-order valence-electron chi connectivity index (χ3n) is 4.48. The zero-order valence-electron chi connectivity index (χ0n) is 14.7. The van der Waals surface area contributed by atoms with Crippen LogP contribution in [0.25, 0.3) is 10.9 Å². The summed E-state index contributed by atoms with van der Waals surface area (Å²) in [6.45, 7) is 0.472. The Morgan fingerprint density at radius 1 is 0.964 bits per heavy atom. The molecule has 0 saturated heterocycles. The summed E-state index contributed by atoms with van der Waals surface area (Å²) >= 11 is 8.48. The topological polar surface area (TPSA) is 54.6 Å². The molecular weight excluding hydrogens is 489 g/mol. The Morgan fingerprint density at radius 2 is 1.68 bits per heavy atom. The van der Waals surface area contributed by atoms with Crippen molar-refractivity contribution in [2.45, 2.75) is 12.8 Å². The molecule has 0 spiro atoms. The Hall–Kier alpha value is -2.06. The number of aliphatic hydroxyl groups is 2. The number of hydrogen-bond acceptors (Lipinski definition) is 3. The molecule has 1 aromatic heterocycles. The molecule has 0 aliphatic carbocycles. The Balaban J connectivity index is 1.90. The fourth-order valence-electron chi connectivity index (χ4n) is 3.23. The molecule has 0 aliphatic rings. The maximum absolute atomic E-state index is 10.2. The maximum Gasteiger partial charge on any atom is 0.197 e. The molecule has 0 atom stereocenters. The number of benzene rings is 3. The monoisotopic (exact) mass is 505 g/mol. The number of nitrogens with zero attached hydrogens (tertiary/aromatic N) is 1. The summed E-state index contributed by atoms with van der Waals surface area (Å²) in [5.41, 5.74) is 2.15. The highest BCUT2D eigenvalue weighted by Gasteiger charge is 2.24. The summed E-state index contributed by atoms with van der Waals surface area (Å²) in [6, 6.07) is 22.8. The summed E-state index contributed by atoms with van der Waals surface area (Å²) in [6.07, 6.45) is -1.70. The normalized spacial score (nSPS) is 11.3. The molecular formula is C22H17ClINO3. The van der Waals surface area contributed by atoms with Crippen LogP contribution >= 0.6 is 34.2 Å². The zero-order chi connectivity index (χ0) is 19.7. The predicted molar refractivity (Wildman–Crippen MR) is 119 cm³/mol. The number of hydrogen-bond donors (Lipinski definition) is 2. The van der Waals surface area contributed by atoms with Crippen molar-refractivity contribution in [1.82, 2.24) is 4.57 Å². The van der Waals surface area contributed by atoms with Crippen LogP contribution in [-0.2, 0) is 6.54 Å². The minimum Gasteiger partial charge on any atom is -0.455 e. The van der Waals surface area contributed by atoms with Gasteiger partial charge in [0.1, 0.15) is 11.4 Å². The number of ether oxygens (including phenoxy) is 1. The first-order valence-electron chi connectivity index (χ1n) is 8.68. The number of fused-ring (bicyclic) bond motifs is 1. The van der Waals surface area contributed by atoms with Crippen LogP contribution in [0, 0.1) is 3.57 Å². The van der Waals surface area contributed by atoms with Crippen molar-refractivity contribution in [2.75, 3.05) is 0 Å². The van der Waals surface area contributed by atoms with Crippen molar-refractivity contribution in [3.05, 3.63) is 92.6 Å². The van der Waals surface area contributed by atoms with Crippen LogP contribution in [-0.4, -0.2) is 14.8 Å². The number of aromatic nitrogens is 1. The Labute approximate surface area is 181 Å². The van der Waals surface area contributed by atoms with E-state index in [1.165, 1.54) is 0 Å². The minimum absolute atomic E-state index is 0.291. The lowest BCUT2D eigenvalue weighted by Gasteiger charge is -2.14. The van der Waals surface area contributed by atoms with Crippen molar-refractivity contribution >= 4 is 45.1 Å². The van der Waals surface area contributed by atoms with Crippen LogP contribution in [0.1, 0.15) is 17.5 Å². The summed E-state index contributed by atoms with van der Waals surface area (Å²) in [7, 11) is 0. The zero-order valence-corrected chi connectivity index (χ0v) is 17.6. The van der Waals surface area contributed by atoms with Gasteiger partial charge in [-0.15, -0.1) is 0 Å². The second kappa shape index (κ2) is 8.13. The van der Waals surface area contributed by atoms with Crippen molar-refractivity contribution in [3.63, 3.8) is 0 Å². The molecule has 4 aromatic rings. The molecule has 0 radical (unpaired) electrons. The number of para-hydroxylation sites is 1. The van der Waals surface area contributed by atoms with Gasteiger partial charge in [-0.1, -0.05) is 41.9 Å². The smallest absolute Gasteiger partial charge is 0.197 e. The average molecular weight is 506 g/mol. The molecule has 3 aromatic carbocycles. The fourth-order valence-corrected chi connectivity index (χ4v) is 3.76. The van der Waals surface area contributed by atoms with E-state index in [4.69, 9.17) is 16.3 Å². The molecule has 6 heteroatoms. The van der Waals surface area contributed by atoms with E-state index in [9.17, 15) is 10.2 Å². The van der Waals surface area contributed by atoms with Crippen LogP contribution in [0.15, 0.2) is 72.8 Å². The SMILES string of the molecule is OC(O)c1c(Oc2ccccc2)c2cc(Cl)ccc2n1Cc1ccc(I)cc1. The van der Waals surface area contributed by atoms with E-state index in [0.717, 1.165) is 20.0 Å². The first kappa shape index (κ1) is 19.3. The molecule has 1 heterocycles. The molecule has 0 saturated carbocycles. The van der Waals surface area contributed by atoms with E-state index in [2.05, 4.69) is 22.6 Å². The quantitative estimate of drug-likeness (QED) is 0.269. The maximum atomic E-state index is 10.2. The van der Waals surface area contributed by atoms with Crippen molar-refractivity contribution in [2.24, 2.45) is 0 Å². The van der Waals surface area contributed by atoms with Gasteiger partial charge in [0.05, 0.1) is 5.52 Å². The van der Waals surface area contributed by atoms with Gasteiger partial charge in [0, 0.05) is 20.5 Å². The lowest BCUT2D eigenvalue weighted by Crippen LogP contribution is -2.09. The van der Waals surface area contributed by atoms with Gasteiger partial charge in [-0.3, -0.25) is 0 Å². The van der Waals surface area contributed by atoms with Crippen molar-refractivity contribution in [1.29, 1.82) is 0 Å². The van der Waals surface area contributed by atoms with Crippen LogP contribution in [0.3, 0.4) is 0 Å². The summed E-state index contributed by atoms with van der Waals surface area (Å²) in [5.74, 6) is 1.00. The van der Waals surface area contributed by atoms with Gasteiger partial charge in [0.2, 0.25) is 0 Å². The van der Waals surface area contributed by atoms with E-state index in [1.807, 2.05) is 65.2 Å². The van der Waals surface area contributed by atoms with Crippen LogP contribution in [0.4, 0.5) is 0 Å². The van der Waals surface area contributed by atoms with Gasteiger partial charge in [0.15, 0.2) is 12.0 Å². The standard InChI is InChI=1S/C22H17ClINO3/c23-15-8-11-19-18(12-15)21(28-17-4-2-1-3-5-17)20(22(26)27)25(19)13-14-6-9-16(24)10-7-14/h1-12,22,26-27H,13H2. The Bertz CT molecular complexity index is 1110. The Morgan fingerprint density at radius 3 is 2.36 bits per heavy atom. The van der Waals surface area contributed by atoms with Gasteiger partial charge in [-0.2, -0.15) is 0 Å². The summed E-state index contributed by atoms with van der Waals surface area (Å²) < 4.78 is 9.07. The van der Waals surface area contributed by atoms with Crippen molar-refractivity contribution < 1.29 is 14.9 Å². The molecule has 0 unspecified atom stereocenters. The van der Waals surface area contributed by atoms with E-state index in [0.29, 0.717) is 28.8 Å². The second-order valence-electron chi connectivity index (χ2n) is 6.38. The van der Waals surface area contributed by atoms with Gasteiger partial charge >= 0.3 is 0 Å². The lowest BCUT2D eigenvalue weighted by molar-refractivity contribution is -0.0490. The van der Waals surface area contributed by atoms with Crippen LogP contribution < -0.4 is 4.74 Å². The number of halogens is 2. The molecule has 0 aliphatic heterocycles. The molecule has 0 amide bonds. The minimum atomic E-state index is -1.70. The van der Waals surface area contributed by atoms with E-state index in [1.54, 1.807) is 12.1 Å². The second-order valence-corrected chi connectivity index (χ2v) is 8.06. The third-order valence-corrected chi connectivity index (χ3v) is 5.43. The van der Waals surface area contributed by atoms with Crippen LogP contribution in [0.5, 0.6) is 11.5 Å². The van der Waals surface area contributed by atoms with E-state index >= 15 is 0 Å². The summed E-state index contributed by atoms with van der Waals surface area (Å²) in [4.78, 5) is 0. The molecule has 142 valence electrons.